The maximum atomic E-state index is 12.4. The fourth-order valence-electron chi connectivity index (χ4n) is 3.63. The van der Waals surface area contributed by atoms with Crippen LogP contribution in [-0.4, -0.2) is 24.9 Å². The molecule has 148 valence electrons. The van der Waals surface area contributed by atoms with Crippen LogP contribution in [-0.2, 0) is 16.0 Å². The van der Waals surface area contributed by atoms with E-state index in [0.717, 1.165) is 30.0 Å². The summed E-state index contributed by atoms with van der Waals surface area (Å²) in [6, 6.07) is 19.1. The Morgan fingerprint density at radius 2 is 1.83 bits per heavy atom. The van der Waals surface area contributed by atoms with Crippen LogP contribution >= 0.6 is 0 Å². The molecule has 6 nitrogen and oxygen atoms in total. The minimum Gasteiger partial charge on any atom is -0.467 e. The van der Waals surface area contributed by atoms with Gasteiger partial charge in [0.15, 0.2) is 0 Å². The molecule has 0 spiro atoms. The normalized spacial score (nSPS) is 13.6. The summed E-state index contributed by atoms with van der Waals surface area (Å²) >= 11 is 0. The molecule has 4 rings (SSSR count). The molecule has 0 saturated carbocycles. The van der Waals surface area contributed by atoms with Crippen LogP contribution in [0.2, 0.25) is 0 Å². The Balaban J connectivity index is 1.44. The fraction of sp³-hybridized carbons (Fsp3) is 0.217. The molecule has 0 aliphatic carbocycles. The van der Waals surface area contributed by atoms with Crippen LogP contribution < -0.4 is 15.5 Å². The largest absolute Gasteiger partial charge is 0.467 e. The van der Waals surface area contributed by atoms with E-state index >= 15 is 0 Å². The number of benzene rings is 2. The first-order valence-electron chi connectivity index (χ1n) is 9.65. The first kappa shape index (κ1) is 18.8. The molecule has 6 heteroatoms. The Kier molecular flexibility index (Phi) is 5.33. The first-order chi connectivity index (χ1) is 14.1. The van der Waals surface area contributed by atoms with Crippen molar-refractivity contribution in [1.82, 2.24) is 5.32 Å². The van der Waals surface area contributed by atoms with Gasteiger partial charge in [0.25, 0.3) is 0 Å². The summed E-state index contributed by atoms with van der Waals surface area (Å²) in [6.07, 6.45) is 2.56. The van der Waals surface area contributed by atoms with Crippen molar-refractivity contribution in [1.29, 1.82) is 0 Å². The number of hydrogen-bond donors (Lipinski definition) is 2. The molecule has 0 saturated heterocycles. The Morgan fingerprint density at radius 3 is 2.59 bits per heavy atom. The topological polar surface area (TPSA) is 74.6 Å². The van der Waals surface area contributed by atoms with Gasteiger partial charge in [-0.2, -0.15) is 0 Å². The van der Waals surface area contributed by atoms with Crippen LogP contribution in [0.1, 0.15) is 22.9 Å². The number of rotatable bonds is 5. The van der Waals surface area contributed by atoms with E-state index in [9.17, 15) is 9.59 Å². The second-order valence-electron chi connectivity index (χ2n) is 7.13. The fourth-order valence-corrected chi connectivity index (χ4v) is 3.63. The summed E-state index contributed by atoms with van der Waals surface area (Å²) in [6.45, 7) is 3.06. The van der Waals surface area contributed by atoms with Crippen LogP contribution in [0.4, 0.5) is 11.4 Å². The minimum atomic E-state index is -0.686. The summed E-state index contributed by atoms with van der Waals surface area (Å²) in [7, 11) is 0. The van der Waals surface area contributed by atoms with Gasteiger partial charge in [0.2, 0.25) is 0 Å². The standard InChI is InChI=1S/C23H23N3O3/c1-16-8-10-18(11-9-16)25-23(28)22(27)24-15-20(21-7-4-14-29-21)26-13-12-17-5-2-3-6-19(17)26/h2-11,14,20H,12-13,15H2,1H3,(H,24,27)(H,25,28)/t20-/m0/s1. The van der Waals surface area contributed by atoms with Crippen molar-refractivity contribution in [3.05, 3.63) is 83.8 Å². The van der Waals surface area contributed by atoms with E-state index in [1.807, 2.05) is 43.3 Å². The Morgan fingerprint density at radius 1 is 1.03 bits per heavy atom. The van der Waals surface area contributed by atoms with Gasteiger partial charge in [0.05, 0.1) is 6.26 Å². The second kappa shape index (κ2) is 8.22. The molecular weight excluding hydrogens is 366 g/mol. The van der Waals surface area contributed by atoms with E-state index in [1.165, 1.54) is 5.56 Å². The molecule has 0 bridgehead atoms. The number of anilines is 2. The summed E-state index contributed by atoms with van der Waals surface area (Å²) < 4.78 is 5.63. The monoisotopic (exact) mass is 389 g/mol. The molecule has 2 aromatic carbocycles. The van der Waals surface area contributed by atoms with Crippen LogP contribution in [0.3, 0.4) is 0 Å². The summed E-state index contributed by atoms with van der Waals surface area (Å²) in [5.41, 5.74) is 4.08. The maximum absolute atomic E-state index is 12.4. The third-order valence-electron chi connectivity index (χ3n) is 5.14. The van der Waals surface area contributed by atoms with Gasteiger partial charge in [-0.3, -0.25) is 9.59 Å². The van der Waals surface area contributed by atoms with E-state index < -0.39 is 11.8 Å². The zero-order valence-electron chi connectivity index (χ0n) is 16.2. The maximum Gasteiger partial charge on any atom is 0.313 e. The lowest BCUT2D eigenvalue weighted by Gasteiger charge is -2.29. The first-order valence-corrected chi connectivity index (χ1v) is 9.65. The number of carbonyl (C=O) groups excluding carboxylic acids is 2. The van der Waals surface area contributed by atoms with Crippen LogP contribution in [0.25, 0.3) is 0 Å². The van der Waals surface area contributed by atoms with E-state index in [2.05, 4.69) is 27.7 Å². The number of carbonyl (C=O) groups is 2. The van der Waals surface area contributed by atoms with Crippen molar-refractivity contribution in [2.75, 3.05) is 23.3 Å². The average Bonchev–Trinajstić information content (AvgIpc) is 3.40. The Bertz CT molecular complexity index is 996. The van der Waals surface area contributed by atoms with Gasteiger partial charge in [0, 0.05) is 24.5 Å². The van der Waals surface area contributed by atoms with Gasteiger partial charge in [-0.1, -0.05) is 35.9 Å². The number of hydrogen-bond acceptors (Lipinski definition) is 4. The quantitative estimate of drug-likeness (QED) is 0.656. The van der Waals surface area contributed by atoms with Gasteiger partial charge >= 0.3 is 11.8 Å². The number of fused-ring (bicyclic) bond motifs is 1. The highest BCUT2D eigenvalue weighted by atomic mass is 16.3. The summed E-state index contributed by atoms with van der Waals surface area (Å²) in [5.74, 6) is -0.607. The molecule has 1 atom stereocenters. The van der Waals surface area contributed by atoms with Crippen molar-refractivity contribution in [3.63, 3.8) is 0 Å². The predicted octanol–water partition coefficient (Wildman–Crippen LogP) is 3.45. The number of furan rings is 1. The molecule has 2 amide bonds. The molecule has 1 aliphatic rings. The van der Waals surface area contributed by atoms with E-state index in [4.69, 9.17) is 4.42 Å². The van der Waals surface area contributed by atoms with Gasteiger partial charge in [-0.05, 0) is 49.2 Å². The third-order valence-corrected chi connectivity index (χ3v) is 5.14. The highest BCUT2D eigenvalue weighted by Gasteiger charge is 2.29. The van der Waals surface area contributed by atoms with Gasteiger partial charge in [0.1, 0.15) is 11.8 Å². The lowest BCUT2D eigenvalue weighted by Crippen LogP contribution is -2.41. The average molecular weight is 389 g/mol. The summed E-state index contributed by atoms with van der Waals surface area (Å²) in [4.78, 5) is 26.8. The number of nitrogens with one attached hydrogen (secondary N) is 2. The Labute approximate surface area is 169 Å². The molecular formula is C23H23N3O3. The van der Waals surface area contributed by atoms with Crippen LogP contribution in [0.15, 0.2) is 71.3 Å². The van der Waals surface area contributed by atoms with Crippen LogP contribution in [0.5, 0.6) is 0 Å². The molecule has 1 aliphatic heterocycles. The van der Waals surface area contributed by atoms with Crippen LogP contribution in [0, 0.1) is 6.92 Å². The Hall–Kier alpha value is -3.54. The molecule has 0 radical (unpaired) electrons. The van der Waals surface area contributed by atoms with Crippen molar-refractivity contribution < 1.29 is 14.0 Å². The zero-order chi connectivity index (χ0) is 20.2. The highest BCUT2D eigenvalue weighted by Crippen LogP contribution is 2.34. The van der Waals surface area contributed by atoms with Gasteiger partial charge < -0.3 is 20.0 Å². The molecule has 1 aromatic heterocycles. The number of para-hydroxylation sites is 1. The lowest BCUT2D eigenvalue weighted by molar-refractivity contribution is -0.136. The van der Waals surface area contributed by atoms with Crippen molar-refractivity contribution in [2.24, 2.45) is 0 Å². The molecule has 2 N–H and O–H groups in total. The zero-order valence-corrected chi connectivity index (χ0v) is 16.2. The predicted molar refractivity (Wildman–Crippen MR) is 112 cm³/mol. The van der Waals surface area contributed by atoms with E-state index in [0.29, 0.717) is 5.69 Å². The lowest BCUT2D eigenvalue weighted by atomic mass is 10.1. The van der Waals surface area contributed by atoms with Gasteiger partial charge in [-0.25, -0.2) is 0 Å². The number of amides is 2. The third kappa shape index (κ3) is 4.16. The number of aryl methyl sites for hydroxylation is 1. The summed E-state index contributed by atoms with van der Waals surface area (Å²) in [5, 5.41) is 5.38. The van der Waals surface area contributed by atoms with Crippen molar-refractivity contribution in [3.8, 4) is 0 Å². The van der Waals surface area contributed by atoms with Gasteiger partial charge in [-0.15, -0.1) is 0 Å². The molecule has 0 fully saturated rings. The molecule has 3 aromatic rings. The van der Waals surface area contributed by atoms with Crippen molar-refractivity contribution in [2.45, 2.75) is 19.4 Å². The molecule has 2 heterocycles. The van der Waals surface area contributed by atoms with E-state index in [-0.39, 0.29) is 12.6 Å². The van der Waals surface area contributed by atoms with Crippen molar-refractivity contribution >= 4 is 23.2 Å². The van der Waals surface area contributed by atoms with E-state index in [1.54, 1.807) is 18.4 Å². The molecule has 29 heavy (non-hydrogen) atoms. The second-order valence-corrected chi connectivity index (χ2v) is 7.13. The smallest absolute Gasteiger partial charge is 0.313 e. The number of nitrogens with zero attached hydrogens (tertiary/aromatic N) is 1. The minimum absolute atomic E-state index is 0.190. The highest BCUT2D eigenvalue weighted by molar-refractivity contribution is 6.39. The SMILES string of the molecule is Cc1ccc(NC(=O)C(=O)NC[C@@H](c2ccco2)N2CCc3ccccc32)cc1. The molecule has 0 unspecified atom stereocenters.